The molecule has 7 nitrogen and oxygen atoms in total. The molecular formula is C15H18N2O5S. The number of hydrogen-bond donors (Lipinski definition) is 2. The molecule has 0 spiro atoms. The Labute approximate surface area is 134 Å². The van der Waals surface area contributed by atoms with Crippen LogP contribution in [-0.4, -0.2) is 32.9 Å². The summed E-state index contributed by atoms with van der Waals surface area (Å²) in [4.78, 5) is 12.1. The highest BCUT2D eigenvalue weighted by Gasteiger charge is 2.10. The molecule has 8 heteroatoms. The summed E-state index contributed by atoms with van der Waals surface area (Å²) >= 11 is 0. The first-order valence-corrected chi connectivity index (χ1v) is 8.93. The Hall–Kier alpha value is -2.32. The summed E-state index contributed by atoms with van der Waals surface area (Å²) in [6.07, 6.45) is 2.48. The number of anilines is 1. The van der Waals surface area contributed by atoms with Crippen molar-refractivity contribution >= 4 is 21.4 Å². The highest BCUT2D eigenvalue weighted by atomic mass is 32.2. The molecule has 1 aromatic carbocycles. The van der Waals surface area contributed by atoms with Gasteiger partial charge in [0, 0.05) is 18.0 Å². The molecule has 0 radical (unpaired) electrons. The molecule has 1 amide bonds. The number of benzene rings is 1. The number of furan rings is 1. The minimum atomic E-state index is -3.08. The van der Waals surface area contributed by atoms with Gasteiger partial charge in [0.15, 0.2) is 9.84 Å². The number of nitrogens with one attached hydrogen (secondary N) is 1. The van der Waals surface area contributed by atoms with Gasteiger partial charge in [-0.15, -0.1) is 0 Å². The lowest BCUT2D eigenvalue weighted by Gasteiger charge is -2.08. The van der Waals surface area contributed by atoms with E-state index in [0.29, 0.717) is 22.8 Å². The van der Waals surface area contributed by atoms with E-state index in [1.807, 2.05) is 0 Å². The smallest absolute Gasteiger partial charge is 0.258 e. The summed E-state index contributed by atoms with van der Waals surface area (Å²) in [5, 5.41) is 2.70. The second-order valence-electron chi connectivity index (χ2n) is 4.97. The predicted octanol–water partition coefficient (Wildman–Crippen LogP) is 1.41. The number of sulfone groups is 1. The van der Waals surface area contributed by atoms with Gasteiger partial charge in [-0.25, -0.2) is 8.42 Å². The van der Waals surface area contributed by atoms with Gasteiger partial charge in [0.05, 0.1) is 17.9 Å². The minimum Gasteiger partial charge on any atom is -0.492 e. The van der Waals surface area contributed by atoms with Crippen LogP contribution in [-0.2, 0) is 16.4 Å². The number of nitrogens with two attached hydrogens (primary N) is 1. The Morgan fingerprint density at radius 1 is 1.35 bits per heavy atom. The zero-order valence-electron chi connectivity index (χ0n) is 12.6. The van der Waals surface area contributed by atoms with Crippen LogP contribution in [0, 0.1) is 0 Å². The Balaban J connectivity index is 1.97. The van der Waals surface area contributed by atoms with E-state index in [9.17, 15) is 13.2 Å². The van der Waals surface area contributed by atoms with Crippen molar-refractivity contribution < 1.29 is 22.4 Å². The Morgan fingerprint density at radius 2 is 2.13 bits per heavy atom. The van der Waals surface area contributed by atoms with E-state index < -0.39 is 9.84 Å². The summed E-state index contributed by atoms with van der Waals surface area (Å²) in [5.41, 5.74) is 6.33. The van der Waals surface area contributed by atoms with Gasteiger partial charge in [0.1, 0.15) is 24.4 Å². The van der Waals surface area contributed by atoms with Gasteiger partial charge in [0.2, 0.25) is 0 Å². The average molecular weight is 338 g/mol. The standard InChI is InChI=1S/C15H18N2O5S/c1-23(19,20)6-5-21-13-4-2-3-12(8-13)17-15(18)11-7-14(9-16)22-10-11/h2-4,7-8,10H,5-6,9,16H2,1H3,(H,17,18). The first-order chi connectivity index (χ1) is 10.9. The van der Waals surface area contributed by atoms with Crippen LogP contribution >= 0.6 is 0 Å². The maximum Gasteiger partial charge on any atom is 0.258 e. The van der Waals surface area contributed by atoms with Gasteiger partial charge in [-0.2, -0.15) is 0 Å². The minimum absolute atomic E-state index is 0.0534. The lowest BCUT2D eigenvalue weighted by atomic mass is 10.2. The van der Waals surface area contributed by atoms with Gasteiger partial charge >= 0.3 is 0 Å². The molecule has 0 fully saturated rings. The van der Waals surface area contributed by atoms with E-state index >= 15 is 0 Å². The lowest BCUT2D eigenvalue weighted by molar-refractivity contribution is 0.102. The number of amides is 1. The van der Waals surface area contributed by atoms with Crippen LogP contribution in [0.15, 0.2) is 41.0 Å². The molecule has 23 heavy (non-hydrogen) atoms. The highest BCUT2D eigenvalue weighted by molar-refractivity contribution is 7.90. The monoisotopic (exact) mass is 338 g/mol. The molecule has 2 rings (SSSR count). The normalized spacial score (nSPS) is 11.2. The van der Waals surface area contributed by atoms with E-state index in [0.717, 1.165) is 6.26 Å². The predicted molar refractivity (Wildman–Crippen MR) is 86.2 cm³/mol. The lowest BCUT2D eigenvalue weighted by Crippen LogP contribution is -2.13. The van der Waals surface area contributed by atoms with Crippen LogP contribution in [0.1, 0.15) is 16.1 Å². The molecule has 0 atom stereocenters. The summed E-state index contributed by atoms with van der Waals surface area (Å²) in [6.45, 7) is 0.273. The first-order valence-electron chi connectivity index (χ1n) is 6.87. The fourth-order valence-electron chi connectivity index (χ4n) is 1.78. The summed E-state index contributed by atoms with van der Waals surface area (Å²) in [6, 6.07) is 8.27. The molecule has 1 aromatic heterocycles. The van der Waals surface area contributed by atoms with Crippen molar-refractivity contribution in [3.8, 4) is 5.75 Å². The second kappa shape index (κ2) is 7.30. The number of ether oxygens (including phenoxy) is 1. The molecule has 2 aromatic rings. The third-order valence-electron chi connectivity index (χ3n) is 2.93. The van der Waals surface area contributed by atoms with Crippen LogP contribution in [0.2, 0.25) is 0 Å². The van der Waals surface area contributed by atoms with Crippen LogP contribution in [0.4, 0.5) is 5.69 Å². The Kier molecular flexibility index (Phi) is 5.41. The van der Waals surface area contributed by atoms with E-state index in [1.54, 1.807) is 30.3 Å². The van der Waals surface area contributed by atoms with Crippen LogP contribution in [0.5, 0.6) is 5.75 Å². The molecule has 1 heterocycles. The Morgan fingerprint density at radius 3 is 2.78 bits per heavy atom. The fraction of sp³-hybridized carbons (Fsp3) is 0.267. The van der Waals surface area contributed by atoms with E-state index in [-0.39, 0.29) is 24.8 Å². The number of carbonyl (C=O) groups excluding carboxylic acids is 1. The molecule has 0 saturated heterocycles. The summed E-state index contributed by atoms with van der Waals surface area (Å²) in [7, 11) is -3.08. The summed E-state index contributed by atoms with van der Waals surface area (Å²) in [5.74, 6) is 0.594. The maximum absolute atomic E-state index is 12.1. The van der Waals surface area contributed by atoms with Gasteiger partial charge in [-0.3, -0.25) is 4.79 Å². The molecule has 0 aliphatic carbocycles. The maximum atomic E-state index is 12.1. The van der Waals surface area contributed by atoms with E-state index in [4.69, 9.17) is 14.9 Å². The second-order valence-corrected chi connectivity index (χ2v) is 7.23. The first kappa shape index (κ1) is 17.0. The molecule has 0 aliphatic heterocycles. The van der Waals surface area contributed by atoms with E-state index in [2.05, 4.69) is 5.32 Å². The fourth-order valence-corrected chi connectivity index (χ4v) is 2.17. The van der Waals surface area contributed by atoms with Gasteiger partial charge in [0.25, 0.3) is 5.91 Å². The number of carbonyl (C=O) groups is 1. The molecule has 0 saturated carbocycles. The quantitative estimate of drug-likeness (QED) is 0.789. The highest BCUT2D eigenvalue weighted by Crippen LogP contribution is 2.18. The third kappa shape index (κ3) is 5.42. The van der Waals surface area contributed by atoms with Gasteiger partial charge in [-0.05, 0) is 18.2 Å². The molecule has 3 N–H and O–H groups in total. The summed E-state index contributed by atoms with van der Waals surface area (Å²) < 4.78 is 32.6. The zero-order valence-corrected chi connectivity index (χ0v) is 13.4. The van der Waals surface area contributed by atoms with Crippen LogP contribution in [0.25, 0.3) is 0 Å². The largest absolute Gasteiger partial charge is 0.492 e. The van der Waals surface area contributed by atoms with Crippen LogP contribution in [0.3, 0.4) is 0 Å². The van der Waals surface area contributed by atoms with Crippen molar-refractivity contribution in [2.45, 2.75) is 6.54 Å². The van der Waals surface area contributed by atoms with Crippen molar-refractivity contribution in [3.63, 3.8) is 0 Å². The van der Waals surface area contributed by atoms with Gasteiger partial charge < -0.3 is 20.2 Å². The zero-order chi connectivity index (χ0) is 16.9. The number of hydrogen-bond acceptors (Lipinski definition) is 6. The molecule has 0 unspecified atom stereocenters. The third-order valence-corrected chi connectivity index (χ3v) is 3.84. The topological polar surface area (TPSA) is 112 Å². The Bertz CT molecular complexity index is 783. The molecular weight excluding hydrogens is 320 g/mol. The SMILES string of the molecule is CS(=O)(=O)CCOc1cccc(NC(=O)c2coc(CN)c2)c1. The van der Waals surface area contributed by atoms with Crippen LogP contribution < -0.4 is 15.8 Å². The average Bonchev–Trinajstić information content (AvgIpc) is 2.95. The van der Waals surface area contributed by atoms with Crippen molar-refractivity contribution in [2.75, 3.05) is 23.9 Å². The van der Waals surface area contributed by atoms with Crippen molar-refractivity contribution in [3.05, 3.63) is 47.9 Å². The van der Waals surface area contributed by atoms with Gasteiger partial charge in [-0.1, -0.05) is 6.07 Å². The number of rotatable bonds is 7. The van der Waals surface area contributed by atoms with Crippen molar-refractivity contribution in [1.29, 1.82) is 0 Å². The van der Waals surface area contributed by atoms with E-state index in [1.165, 1.54) is 6.26 Å². The van der Waals surface area contributed by atoms with Crippen molar-refractivity contribution in [1.82, 2.24) is 0 Å². The molecule has 0 aliphatic rings. The molecule has 124 valence electrons. The van der Waals surface area contributed by atoms with Crippen molar-refractivity contribution in [2.24, 2.45) is 5.73 Å². The molecule has 0 bridgehead atoms.